The topological polar surface area (TPSA) is 30.2 Å². The normalized spacial score (nSPS) is 12.3. The molecule has 0 N–H and O–H groups in total. The lowest BCUT2D eigenvalue weighted by atomic mass is 9.96. The fourth-order valence-electron chi connectivity index (χ4n) is 1.17. The Kier molecular flexibility index (Phi) is 2.00. The van der Waals surface area contributed by atoms with Gasteiger partial charge in [0.15, 0.2) is 11.5 Å². The van der Waals surface area contributed by atoms with E-state index in [0.717, 1.165) is 11.5 Å². The summed E-state index contributed by atoms with van der Waals surface area (Å²) in [6.45, 7) is 6.26. The Hall–Kier alpha value is -1.09. The monoisotopic (exact) mass is 209 g/mol. The maximum Gasteiger partial charge on any atom is 0.157 e. The van der Waals surface area contributed by atoms with Gasteiger partial charge in [-0.15, -0.1) is 0 Å². The lowest BCUT2D eigenvalue weighted by Crippen LogP contribution is -2.13. The molecule has 0 spiro atoms. The second-order valence-corrected chi connectivity index (χ2v) is 4.77. The summed E-state index contributed by atoms with van der Waals surface area (Å²) in [4.78, 5) is 4.41. The van der Waals surface area contributed by atoms with Crippen molar-refractivity contribution in [2.75, 3.05) is 0 Å². The van der Waals surface area contributed by atoms with Gasteiger partial charge in [-0.1, -0.05) is 32.4 Å². The Morgan fingerprint density at radius 1 is 1.36 bits per heavy atom. The third-order valence-electron chi connectivity index (χ3n) is 1.97. The molecule has 0 aliphatic rings. The van der Waals surface area contributed by atoms with Gasteiger partial charge in [0.2, 0.25) is 0 Å². The van der Waals surface area contributed by atoms with Crippen molar-refractivity contribution in [3.8, 4) is 0 Å². The number of pyridine rings is 1. The summed E-state index contributed by atoms with van der Waals surface area (Å²) in [5.41, 5.74) is 0.765. The van der Waals surface area contributed by atoms with Crippen LogP contribution in [-0.4, -0.2) is 14.6 Å². The molecule has 14 heavy (non-hydrogen) atoms. The van der Waals surface area contributed by atoms with E-state index in [9.17, 15) is 0 Å². The van der Waals surface area contributed by atoms with Gasteiger partial charge >= 0.3 is 0 Å². The molecule has 0 unspecified atom stereocenters. The summed E-state index contributed by atoms with van der Waals surface area (Å²) in [5.74, 6) is 0.833. The lowest BCUT2D eigenvalue weighted by Gasteiger charge is -2.11. The first-order valence-electron chi connectivity index (χ1n) is 4.49. The number of rotatable bonds is 0. The first-order valence-corrected chi connectivity index (χ1v) is 4.87. The summed E-state index contributed by atoms with van der Waals surface area (Å²) >= 11 is 5.86. The van der Waals surface area contributed by atoms with Gasteiger partial charge in [-0.2, -0.15) is 5.10 Å². The van der Waals surface area contributed by atoms with E-state index >= 15 is 0 Å². The molecule has 0 aliphatic carbocycles. The Bertz CT molecular complexity index is 468. The lowest BCUT2D eigenvalue weighted by molar-refractivity contribution is 0.545. The first kappa shape index (κ1) is 9.46. The summed E-state index contributed by atoms with van der Waals surface area (Å²) in [6, 6.07) is 3.61. The van der Waals surface area contributed by atoms with Gasteiger partial charge in [0.25, 0.3) is 0 Å². The highest BCUT2D eigenvalue weighted by molar-refractivity contribution is 6.30. The van der Waals surface area contributed by atoms with Crippen molar-refractivity contribution in [1.29, 1.82) is 0 Å². The summed E-state index contributed by atoms with van der Waals surface area (Å²) in [7, 11) is 0. The van der Waals surface area contributed by atoms with Crippen molar-refractivity contribution >= 4 is 17.2 Å². The van der Waals surface area contributed by atoms with Gasteiger partial charge in [0, 0.05) is 22.7 Å². The second-order valence-electron chi connectivity index (χ2n) is 4.33. The Labute approximate surface area is 87.7 Å². The predicted octanol–water partition coefficient (Wildman–Crippen LogP) is 2.68. The van der Waals surface area contributed by atoms with Crippen LogP contribution in [0, 0.1) is 0 Å². The molecular weight excluding hydrogens is 198 g/mol. The van der Waals surface area contributed by atoms with Gasteiger partial charge in [0.05, 0.1) is 0 Å². The fourth-order valence-corrected chi connectivity index (χ4v) is 1.33. The number of hydrogen-bond acceptors (Lipinski definition) is 2. The largest absolute Gasteiger partial charge is 0.221 e. The van der Waals surface area contributed by atoms with Crippen molar-refractivity contribution in [1.82, 2.24) is 14.6 Å². The third kappa shape index (κ3) is 1.60. The van der Waals surface area contributed by atoms with Crippen molar-refractivity contribution in [2.24, 2.45) is 0 Å². The molecule has 0 atom stereocenters. The van der Waals surface area contributed by atoms with E-state index in [0.29, 0.717) is 5.02 Å². The molecule has 0 radical (unpaired) electrons. The molecule has 0 fully saturated rings. The Balaban J connectivity index is 2.63. The van der Waals surface area contributed by atoms with Crippen LogP contribution in [0.5, 0.6) is 0 Å². The highest BCUT2D eigenvalue weighted by Crippen LogP contribution is 2.19. The molecule has 0 bridgehead atoms. The van der Waals surface area contributed by atoms with Gasteiger partial charge < -0.3 is 0 Å². The van der Waals surface area contributed by atoms with Crippen LogP contribution < -0.4 is 0 Å². The van der Waals surface area contributed by atoms with Crippen LogP contribution in [0.2, 0.25) is 5.02 Å². The highest BCUT2D eigenvalue weighted by Gasteiger charge is 2.19. The van der Waals surface area contributed by atoms with E-state index < -0.39 is 0 Å². The highest BCUT2D eigenvalue weighted by atomic mass is 35.5. The number of aromatic nitrogens is 3. The van der Waals surface area contributed by atoms with Crippen LogP contribution in [0.15, 0.2) is 18.3 Å². The average molecular weight is 210 g/mol. The van der Waals surface area contributed by atoms with E-state index in [1.165, 1.54) is 0 Å². The quantitative estimate of drug-likeness (QED) is 0.668. The van der Waals surface area contributed by atoms with Crippen LogP contribution >= 0.6 is 11.6 Å². The molecule has 2 aromatic heterocycles. The minimum atomic E-state index is -0.0293. The smallest absolute Gasteiger partial charge is 0.157 e. The number of halogens is 1. The molecule has 4 heteroatoms. The zero-order chi connectivity index (χ0) is 10.3. The molecule has 2 heterocycles. The van der Waals surface area contributed by atoms with Crippen molar-refractivity contribution < 1.29 is 0 Å². The molecule has 2 aromatic rings. The maximum absolute atomic E-state index is 5.86. The predicted molar refractivity (Wildman–Crippen MR) is 56.7 cm³/mol. The first-order chi connectivity index (χ1) is 6.47. The third-order valence-corrected chi connectivity index (χ3v) is 2.21. The van der Waals surface area contributed by atoms with Crippen LogP contribution in [-0.2, 0) is 5.41 Å². The summed E-state index contributed by atoms with van der Waals surface area (Å²) in [6.07, 6.45) is 1.82. The van der Waals surface area contributed by atoms with Gasteiger partial charge in [-0.25, -0.2) is 9.50 Å². The summed E-state index contributed by atoms with van der Waals surface area (Å²) in [5, 5.41) is 5.06. The number of nitrogens with zero attached hydrogens (tertiary/aromatic N) is 3. The molecule has 3 nitrogen and oxygen atoms in total. The molecule has 0 amide bonds. The van der Waals surface area contributed by atoms with Crippen LogP contribution in [0.3, 0.4) is 0 Å². The zero-order valence-corrected chi connectivity index (χ0v) is 9.21. The van der Waals surface area contributed by atoms with Crippen LogP contribution in [0.1, 0.15) is 26.6 Å². The molecule has 0 aromatic carbocycles. The van der Waals surface area contributed by atoms with E-state index in [2.05, 4.69) is 30.9 Å². The fraction of sp³-hybridized carbons (Fsp3) is 0.400. The van der Waals surface area contributed by atoms with Crippen molar-refractivity contribution in [2.45, 2.75) is 26.2 Å². The Morgan fingerprint density at radius 3 is 2.71 bits per heavy atom. The van der Waals surface area contributed by atoms with Gasteiger partial charge in [-0.3, -0.25) is 0 Å². The maximum atomic E-state index is 5.86. The minimum absolute atomic E-state index is 0.0293. The molecule has 0 aliphatic heterocycles. The standard InChI is InChI=1S/C10H12ClN3/c1-10(2,3)9-12-8-6-7(11)4-5-14(8)13-9/h4-6H,1-3H3. The van der Waals surface area contributed by atoms with Crippen molar-refractivity contribution in [3.63, 3.8) is 0 Å². The van der Waals surface area contributed by atoms with Crippen LogP contribution in [0.25, 0.3) is 5.65 Å². The van der Waals surface area contributed by atoms with E-state index in [1.54, 1.807) is 10.6 Å². The number of hydrogen-bond donors (Lipinski definition) is 0. The van der Waals surface area contributed by atoms with Gasteiger partial charge in [0.1, 0.15) is 0 Å². The molecule has 0 saturated heterocycles. The van der Waals surface area contributed by atoms with Crippen LogP contribution in [0.4, 0.5) is 0 Å². The van der Waals surface area contributed by atoms with Gasteiger partial charge in [-0.05, 0) is 6.07 Å². The molecule has 74 valence electrons. The molecule has 0 saturated carbocycles. The minimum Gasteiger partial charge on any atom is -0.221 e. The van der Waals surface area contributed by atoms with E-state index in [4.69, 9.17) is 11.6 Å². The second kappa shape index (κ2) is 2.95. The Morgan fingerprint density at radius 2 is 2.07 bits per heavy atom. The van der Waals surface area contributed by atoms with E-state index in [1.807, 2.05) is 12.3 Å². The number of fused-ring (bicyclic) bond motifs is 1. The molecule has 2 rings (SSSR count). The molecular formula is C10H12ClN3. The summed E-state index contributed by atoms with van der Waals surface area (Å²) < 4.78 is 1.74. The van der Waals surface area contributed by atoms with Crippen molar-refractivity contribution in [3.05, 3.63) is 29.2 Å². The van der Waals surface area contributed by atoms with E-state index in [-0.39, 0.29) is 5.41 Å². The average Bonchev–Trinajstić information content (AvgIpc) is 2.45. The zero-order valence-electron chi connectivity index (χ0n) is 8.45. The SMILES string of the molecule is CC(C)(C)c1nc2cc(Cl)ccn2n1.